The van der Waals surface area contributed by atoms with Gasteiger partial charge in [0.1, 0.15) is 5.82 Å². The summed E-state index contributed by atoms with van der Waals surface area (Å²) in [4.78, 5) is 13.9. The van der Waals surface area contributed by atoms with E-state index in [0.29, 0.717) is 25.3 Å². The monoisotopic (exact) mass is 264 g/mol. The first-order valence-corrected chi connectivity index (χ1v) is 6.13. The van der Waals surface area contributed by atoms with Crippen LogP contribution in [-0.4, -0.2) is 37.6 Å². The third kappa shape index (κ3) is 3.12. The van der Waals surface area contributed by atoms with Crippen LogP contribution in [0.2, 0.25) is 0 Å². The van der Waals surface area contributed by atoms with Gasteiger partial charge in [0.05, 0.1) is 12.3 Å². The van der Waals surface area contributed by atoms with E-state index < -0.39 is 5.82 Å². The Morgan fingerprint density at radius 1 is 1.53 bits per heavy atom. The second-order valence-corrected chi connectivity index (χ2v) is 4.53. The van der Waals surface area contributed by atoms with Crippen LogP contribution in [0.5, 0.6) is 0 Å². The third-order valence-electron chi connectivity index (χ3n) is 3.17. The number of benzene rings is 1. The summed E-state index contributed by atoms with van der Waals surface area (Å²) in [7, 11) is 1.65. The molecule has 0 saturated heterocycles. The first kappa shape index (κ1) is 13.5. The van der Waals surface area contributed by atoms with Gasteiger partial charge in [-0.25, -0.2) is 4.39 Å². The molecule has 1 amide bonds. The second-order valence-electron chi connectivity index (χ2n) is 4.53. The standard InChI is InChI=1S/C14H17FN2O2/c1-19-9-10-4-6-17(7-5-10)14(18)11-2-3-13(16)12(15)8-11/h2-4,8H,5-7,9,16H2,1H3. The number of hydrogen-bond donors (Lipinski definition) is 1. The lowest BCUT2D eigenvalue weighted by Crippen LogP contribution is -2.35. The van der Waals surface area contributed by atoms with Crippen molar-refractivity contribution >= 4 is 11.6 Å². The Hall–Kier alpha value is -1.88. The highest BCUT2D eigenvalue weighted by atomic mass is 19.1. The largest absolute Gasteiger partial charge is 0.396 e. The van der Waals surface area contributed by atoms with E-state index in [1.807, 2.05) is 6.08 Å². The molecule has 0 spiro atoms. The molecule has 1 aliphatic rings. The van der Waals surface area contributed by atoms with Crippen molar-refractivity contribution in [2.75, 3.05) is 32.5 Å². The van der Waals surface area contributed by atoms with Gasteiger partial charge in [-0.2, -0.15) is 0 Å². The van der Waals surface area contributed by atoms with E-state index in [9.17, 15) is 9.18 Å². The quantitative estimate of drug-likeness (QED) is 0.669. The van der Waals surface area contributed by atoms with Crippen LogP contribution < -0.4 is 5.73 Å². The molecule has 4 nitrogen and oxygen atoms in total. The Balaban J connectivity index is 2.07. The second kappa shape index (κ2) is 5.84. The average Bonchev–Trinajstić information content (AvgIpc) is 2.42. The number of rotatable bonds is 3. The highest BCUT2D eigenvalue weighted by Crippen LogP contribution is 2.17. The zero-order valence-corrected chi connectivity index (χ0v) is 10.9. The Kier molecular flexibility index (Phi) is 4.16. The van der Waals surface area contributed by atoms with E-state index in [1.165, 1.54) is 17.7 Å². The Morgan fingerprint density at radius 3 is 2.89 bits per heavy atom. The van der Waals surface area contributed by atoms with Crippen molar-refractivity contribution < 1.29 is 13.9 Å². The van der Waals surface area contributed by atoms with Gasteiger partial charge in [0.15, 0.2) is 0 Å². The van der Waals surface area contributed by atoms with Crippen molar-refractivity contribution in [1.29, 1.82) is 0 Å². The van der Waals surface area contributed by atoms with Crippen molar-refractivity contribution in [1.82, 2.24) is 4.90 Å². The maximum Gasteiger partial charge on any atom is 0.254 e. The summed E-state index contributed by atoms with van der Waals surface area (Å²) in [5.41, 5.74) is 6.97. The molecule has 2 N–H and O–H groups in total. The summed E-state index contributed by atoms with van der Waals surface area (Å²) >= 11 is 0. The molecule has 0 bridgehead atoms. The lowest BCUT2D eigenvalue weighted by atomic mass is 10.1. The predicted molar refractivity (Wildman–Crippen MR) is 71.3 cm³/mol. The minimum absolute atomic E-state index is 0.0532. The summed E-state index contributed by atoms with van der Waals surface area (Å²) in [6.45, 7) is 1.75. The first-order valence-electron chi connectivity index (χ1n) is 6.13. The number of carbonyl (C=O) groups is 1. The molecule has 0 fully saturated rings. The van der Waals surface area contributed by atoms with Crippen LogP contribution in [0.1, 0.15) is 16.8 Å². The van der Waals surface area contributed by atoms with Gasteiger partial charge in [0, 0.05) is 25.8 Å². The number of hydrogen-bond acceptors (Lipinski definition) is 3. The maximum atomic E-state index is 13.3. The fraction of sp³-hybridized carbons (Fsp3) is 0.357. The number of halogens is 1. The molecule has 1 heterocycles. The van der Waals surface area contributed by atoms with Crippen molar-refractivity contribution in [3.05, 3.63) is 41.2 Å². The van der Waals surface area contributed by atoms with Crippen LogP contribution >= 0.6 is 0 Å². The molecule has 0 aliphatic carbocycles. The lowest BCUT2D eigenvalue weighted by molar-refractivity contribution is 0.0764. The third-order valence-corrected chi connectivity index (χ3v) is 3.17. The minimum atomic E-state index is -0.557. The molecule has 1 aliphatic heterocycles. The van der Waals surface area contributed by atoms with Crippen LogP contribution in [0.15, 0.2) is 29.8 Å². The minimum Gasteiger partial charge on any atom is -0.396 e. The van der Waals surface area contributed by atoms with E-state index in [4.69, 9.17) is 10.5 Å². The summed E-state index contributed by atoms with van der Waals surface area (Å²) < 4.78 is 18.4. The molecule has 0 unspecified atom stereocenters. The zero-order chi connectivity index (χ0) is 13.8. The van der Waals surface area contributed by atoms with Gasteiger partial charge in [0.2, 0.25) is 0 Å². The van der Waals surface area contributed by atoms with Gasteiger partial charge in [-0.05, 0) is 30.2 Å². The topological polar surface area (TPSA) is 55.6 Å². The van der Waals surface area contributed by atoms with Crippen molar-refractivity contribution in [2.24, 2.45) is 0 Å². The summed E-state index contributed by atoms with van der Waals surface area (Å²) in [6.07, 6.45) is 2.77. The van der Waals surface area contributed by atoms with Crippen LogP contribution in [0, 0.1) is 5.82 Å². The molecule has 1 aromatic rings. The fourth-order valence-electron chi connectivity index (χ4n) is 2.05. The Bertz CT molecular complexity index is 514. The molecule has 19 heavy (non-hydrogen) atoms. The number of carbonyl (C=O) groups excluding carboxylic acids is 1. The van der Waals surface area contributed by atoms with Crippen molar-refractivity contribution in [3.63, 3.8) is 0 Å². The van der Waals surface area contributed by atoms with E-state index in [-0.39, 0.29) is 11.6 Å². The smallest absolute Gasteiger partial charge is 0.254 e. The predicted octanol–water partition coefficient (Wildman–Crippen LogP) is 1.83. The summed E-state index contributed by atoms with van der Waals surface area (Å²) in [6, 6.07) is 4.15. The van der Waals surface area contributed by atoms with E-state index in [2.05, 4.69) is 0 Å². The van der Waals surface area contributed by atoms with Crippen molar-refractivity contribution in [3.8, 4) is 0 Å². The molecular weight excluding hydrogens is 247 g/mol. The number of anilines is 1. The van der Waals surface area contributed by atoms with Gasteiger partial charge >= 0.3 is 0 Å². The Labute approximate surface area is 111 Å². The number of nitrogens with zero attached hydrogens (tertiary/aromatic N) is 1. The molecule has 5 heteroatoms. The molecule has 0 atom stereocenters. The van der Waals surface area contributed by atoms with Crippen LogP contribution in [-0.2, 0) is 4.74 Å². The summed E-state index contributed by atoms with van der Waals surface area (Å²) in [5.74, 6) is -0.731. The molecule has 0 radical (unpaired) electrons. The van der Waals surface area contributed by atoms with Crippen LogP contribution in [0.3, 0.4) is 0 Å². The number of amides is 1. The van der Waals surface area contributed by atoms with E-state index in [1.54, 1.807) is 18.1 Å². The highest BCUT2D eigenvalue weighted by Gasteiger charge is 2.19. The number of nitrogen functional groups attached to an aromatic ring is 1. The molecule has 102 valence electrons. The molecule has 2 rings (SSSR count). The maximum absolute atomic E-state index is 13.3. The van der Waals surface area contributed by atoms with Crippen LogP contribution in [0.4, 0.5) is 10.1 Å². The lowest BCUT2D eigenvalue weighted by Gasteiger charge is -2.26. The van der Waals surface area contributed by atoms with Gasteiger partial charge in [-0.1, -0.05) is 6.08 Å². The average molecular weight is 264 g/mol. The van der Waals surface area contributed by atoms with Crippen LogP contribution in [0.25, 0.3) is 0 Å². The molecule has 0 aromatic heterocycles. The molecular formula is C14H17FN2O2. The van der Waals surface area contributed by atoms with E-state index in [0.717, 1.165) is 6.42 Å². The normalized spacial score (nSPS) is 15.3. The molecule has 0 saturated carbocycles. The summed E-state index contributed by atoms with van der Waals surface area (Å²) in [5, 5.41) is 0. The van der Waals surface area contributed by atoms with E-state index >= 15 is 0 Å². The number of ether oxygens (including phenoxy) is 1. The SMILES string of the molecule is COCC1=CCN(C(=O)c2ccc(N)c(F)c2)CC1. The number of methoxy groups -OCH3 is 1. The van der Waals surface area contributed by atoms with Gasteiger partial charge in [-0.15, -0.1) is 0 Å². The fourth-order valence-corrected chi connectivity index (χ4v) is 2.05. The van der Waals surface area contributed by atoms with Gasteiger partial charge < -0.3 is 15.4 Å². The Morgan fingerprint density at radius 2 is 2.32 bits per heavy atom. The zero-order valence-electron chi connectivity index (χ0n) is 10.9. The molecule has 1 aromatic carbocycles. The highest BCUT2D eigenvalue weighted by molar-refractivity contribution is 5.94. The first-order chi connectivity index (χ1) is 9.11. The van der Waals surface area contributed by atoms with Gasteiger partial charge in [-0.3, -0.25) is 4.79 Å². The van der Waals surface area contributed by atoms with Gasteiger partial charge in [0.25, 0.3) is 5.91 Å². The number of nitrogens with two attached hydrogens (primary N) is 1. The van der Waals surface area contributed by atoms with Crippen molar-refractivity contribution in [2.45, 2.75) is 6.42 Å².